The lowest BCUT2D eigenvalue weighted by molar-refractivity contribution is 0.0972. The van der Waals surface area contributed by atoms with E-state index in [1.165, 1.54) is 28.5 Å². The lowest BCUT2D eigenvalue weighted by Gasteiger charge is -2.30. The van der Waals surface area contributed by atoms with Crippen molar-refractivity contribution in [3.63, 3.8) is 0 Å². The number of hydrogen-bond acceptors (Lipinski definition) is 4. The fourth-order valence-electron chi connectivity index (χ4n) is 4.33. The Morgan fingerprint density at radius 2 is 2.04 bits per heavy atom. The minimum atomic E-state index is -2.27. The van der Waals surface area contributed by atoms with Crippen LogP contribution in [0.2, 0.25) is 0 Å². The summed E-state index contributed by atoms with van der Waals surface area (Å²) in [5.74, 6) is 0.460. The van der Waals surface area contributed by atoms with Crippen LogP contribution in [0.5, 0.6) is 5.88 Å². The highest BCUT2D eigenvalue weighted by Gasteiger charge is 2.30. The zero-order valence-corrected chi connectivity index (χ0v) is 17.0. The van der Waals surface area contributed by atoms with E-state index in [2.05, 4.69) is 34.7 Å². The number of anilines is 1. The lowest BCUT2D eigenvalue weighted by Crippen LogP contribution is -2.33. The highest BCUT2D eigenvalue weighted by Crippen LogP contribution is 2.39. The van der Waals surface area contributed by atoms with Crippen molar-refractivity contribution in [1.29, 1.82) is 0 Å². The van der Waals surface area contributed by atoms with E-state index in [9.17, 15) is 9.00 Å². The maximum absolute atomic E-state index is 12.7. The summed E-state index contributed by atoms with van der Waals surface area (Å²) in [5, 5.41) is 7.19. The largest absolute Gasteiger partial charge is 0.476 e. The van der Waals surface area contributed by atoms with Gasteiger partial charge in [0, 0.05) is 11.1 Å². The molecule has 3 aliphatic rings. The first-order chi connectivity index (χ1) is 13.4. The van der Waals surface area contributed by atoms with Crippen LogP contribution in [-0.4, -0.2) is 26.6 Å². The molecule has 0 saturated heterocycles. The Kier molecular flexibility index (Phi) is 4.01. The van der Waals surface area contributed by atoms with Gasteiger partial charge in [-0.3, -0.25) is 0 Å². The third-order valence-electron chi connectivity index (χ3n) is 5.81. The number of ether oxygens (including phenoxy) is 1. The second-order valence-electron chi connectivity index (χ2n) is 8.63. The average molecular weight is 401 g/mol. The molecule has 8 heteroatoms. The van der Waals surface area contributed by atoms with Gasteiger partial charge in [0.15, 0.2) is 0 Å². The SMILES string of the molecule is CC1(C)COc2c([SH](=O)=NC(=O)Nc3c4c(cc5c3CC5)CCC4)cnn2C1. The fraction of sp³-hybridized carbons (Fsp3) is 0.500. The molecule has 148 valence electrons. The van der Waals surface area contributed by atoms with Crippen molar-refractivity contribution in [2.24, 2.45) is 9.78 Å². The summed E-state index contributed by atoms with van der Waals surface area (Å²) in [6.07, 6.45) is 6.69. The second kappa shape index (κ2) is 6.34. The van der Waals surface area contributed by atoms with E-state index in [-0.39, 0.29) is 5.41 Å². The Morgan fingerprint density at radius 1 is 1.25 bits per heavy atom. The van der Waals surface area contributed by atoms with E-state index in [0.29, 0.717) is 23.9 Å². The van der Waals surface area contributed by atoms with E-state index >= 15 is 0 Å². The van der Waals surface area contributed by atoms with Gasteiger partial charge in [-0.05, 0) is 54.4 Å². The molecule has 1 aromatic heterocycles. The second-order valence-corrected chi connectivity index (χ2v) is 9.86. The van der Waals surface area contributed by atoms with Crippen LogP contribution in [-0.2, 0) is 42.8 Å². The summed E-state index contributed by atoms with van der Waals surface area (Å²) >= 11 is 0. The summed E-state index contributed by atoms with van der Waals surface area (Å²) in [5.41, 5.74) is 5.97. The highest BCUT2D eigenvalue weighted by molar-refractivity contribution is 7.75. The van der Waals surface area contributed by atoms with Crippen molar-refractivity contribution in [3.8, 4) is 5.88 Å². The first-order valence-corrected chi connectivity index (χ1v) is 11.0. The van der Waals surface area contributed by atoms with E-state index in [1.54, 1.807) is 4.68 Å². The van der Waals surface area contributed by atoms with Gasteiger partial charge in [-0.25, -0.2) is 13.7 Å². The molecule has 0 radical (unpaired) electrons. The molecule has 1 N–H and O–H groups in total. The van der Waals surface area contributed by atoms with Crippen molar-refractivity contribution < 1.29 is 13.7 Å². The number of urea groups is 1. The molecule has 1 unspecified atom stereocenters. The molecule has 2 heterocycles. The van der Waals surface area contributed by atoms with Gasteiger partial charge in [-0.2, -0.15) is 5.10 Å². The van der Waals surface area contributed by atoms with E-state index in [1.807, 2.05) is 0 Å². The quantitative estimate of drug-likeness (QED) is 0.759. The van der Waals surface area contributed by atoms with Gasteiger partial charge in [0.05, 0.1) is 29.9 Å². The molecule has 1 aliphatic heterocycles. The molecule has 0 spiro atoms. The van der Waals surface area contributed by atoms with Crippen molar-refractivity contribution in [3.05, 3.63) is 34.5 Å². The molecule has 7 nitrogen and oxygen atoms in total. The summed E-state index contributed by atoms with van der Waals surface area (Å²) < 4.78 is 24.1. The Labute approximate surface area is 165 Å². The third kappa shape index (κ3) is 2.90. The average Bonchev–Trinajstić information content (AvgIpc) is 3.22. The minimum Gasteiger partial charge on any atom is -0.476 e. The molecule has 0 saturated carbocycles. The van der Waals surface area contributed by atoms with E-state index < -0.39 is 16.6 Å². The first-order valence-electron chi connectivity index (χ1n) is 9.76. The molecular weight excluding hydrogens is 376 g/mol. The number of amides is 2. The molecule has 2 aromatic rings. The van der Waals surface area contributed by atoms with Crippen LogP contribution >= 0.6 is 0 Å². The van der Waals surface area contributed by atoms with Crippen molar-refractivity contribution in [1.82, 2.24) is 9.78 Å². The number of rotatable bonds is 2. The number of fused-ring (bicyclic) bond motifs is 3. The van der Waals surface area contributed by atoms with Gasteiger partial charge in [-0.15, -0.1) is 4.36 Å². The summed E-state index contributed by atoms with van der Waals surface area (Å²) in [6, 6.07) is 1.72. The molecule has 1 aromatic carbocycles. The van der Waals surface area contributed by atoms with Crippen molar-refractivity contribution >= 4 is 22.3 Å². The number of carbonyl (C=O) groups excluding carboxylic acids is 1. The van der Waals surface area contributed by atoms with E-state index in [4.69, 9.17) is 4.74 Å². The number of aryl methyl sites for hydroxylation is 2. The van der Waals surface area contributed by atoms with Crippen LogP contribution in [0.15, 0.2) is 21.5 Å². The molecule has 5 rings (SSSR count). The maximum atomic E-state index is 12.7. The number of benzene rings is 1. The van der Waals surface area contributed by atoms with Crippen molar-refractivity contribution in [2.45, 2.75) is 57.4 Å². The smallest absolute Gasteiger partial charge is 0.353 e. The van der Waals surface area contributed by atoms with Crippen LogP contribution in [0.3, 0.4) is 0 Å². The topological polar surface area (TPSA) is 85.6 Å². The van der Waals surface area contributed by atoms with Gasteiger partial charge >= 0.3 is 6.03 Å². The Bertz CT molecular complexity index is 1080. The Morgan fingerprint density at radius 3 is 2.82 bits per heavy atom. The van der Waals surface area contributed by atoms with Crippen LogP contribution < -0.4 is 10.1 Å². The zero-order valence-electron chi connectivity index (χ0n) is 16.1. The number of nitrogens with zero attached hydrogens (tertiary/aromatic N) is 3. The molecule has 2 aliphatic carbocycles. The summed E-state index contributed by atoms with van der Waals surface area (Å²) in [7, 11) is -2.27. The van der Waals surface area contributed by atoms with E-state index in [0.717, 1.165) is 37.8 Å². The predicted octanol–water partition coefficient (Wildman–Crippen LogP) is 3.14. The molecular formula is C20H24N4O3S. The normalized spacial score (nSPS) is 19.8. The van der Waals surface area contributed by atoms with Crippen LogP contribution in [0.4, 0.5) is 10.5 Å². The summed E-state index contributed by atoms with van der Waals surface area (Å²) in [6.45, 7) is 5.37. The molecule has 0 fully saturated rings. The molecule has 1 atom stereocenters. The monoisotopic (exact) mass is 400 g/mol. The molecule has 2 amide bonds. The molecule has 28 heavy (non-hydrogen) atoms. The van der Waals surface area contributed by atoms with Crippen LogP contribution in [0.25, 0.3) is 0 Å². The van der Waals surface area contributed by atoms with Gasteiger partial charge in [0.1, 0.15) is 4.90 Å². The first kappa shape index (κ1) is 17.7. The summed E-state index contributed by atoms with van der Waals surface area (Å²) in [4.78, 5) is 12.9. The number of carbonyl (C=O) groups is 1. The molecule has 0 bridgehead atoms. The minimum absolute atomic E-state index is 0.0357. The highest BCUT2D eigenvalue weighted by atomic mass is 32.2. The number of hydrogen-bond donors (Lipinski definition) is 2. The number of nitrogens with one attached hydrogen (secondary N) is 1. The zero-order chi connectivity index (χ0) is 19.5. The van der Waals surface area contributed by atoms with Crippen LogP contribution in [0, 0.1) is 5.41 Å². The fourth-order valence-corrected chi connectivity index (χ4v) is 5.15. The maximum Gasteiger partial charge on any atom is 0.353 e. The number of thiol groups is 1. The lowest BCUT2D eigenvalue weighted by atomic mass is 9.83. The van der Waals surface area contributed by atoms with Gasteiger partial charge in [0.25, 0.3) is 0 Å². The van der Waals surface area contributed by atoms with Gasteiger partial charge < -0.3 is 10.1 Å². The van der Waals surface area contributed by atoms with Crippen molar-refractivity contribution in [2.75, 3.05) is 11.9 Å². The Balaban J connectivity index is 1.41. The van der Waals surface area contributed by atoms with Gasteiger partial charge in [0.2, 0.25) is 5.88 Å². The predicted molar refractivity (Wildman–Crippen MR) is 107 cm³/mol. The number of aromatic nitrogens is 2. The van der Waals surface area contributed by atoms with Gasteiger partial charge in [-0.1, -0.05) is 19.9 Å². The van der Waals surface area contributed by atoms with Crippen LogP contribution in [0.1, 0.15) is 42.5 Å². The third-order valence-corrected chi connectivity index (χ3v) is 6.90. The standard InChI is InChI=1S/C20H24N4O3S/c1-20(2)10-24-18(27-11-20)16(9-21-24)28(26)23-19(25)22-17-14-5-3-4-12(14)8-13-6-7-15(13)17/h8-9,28H,3-7,10-11H2,1-2H3,(H,22,25). The Hall–Kier alpha value is -2.35.